The number of hydrogen-bond donors (Lipinski definition) is 1. The van der Waals surface area contributed by atoms with Crippen LogP contribution in [0.4, 0.5) is 5.82 Å². The molecular weight excluding hydrogens is 498 g/mol. The number of pyridine rings is 3. The fraction of sp³-hybridized carbons (Fsp3) is 0.258. The van der Waals surface area contributed by atoms with E-state index in [0.29, 0.717) is 23.3 Å². The molecule has 7 rings (SSSR count). The Labute approximate surface area is 233 Å². The number of aromatic nitrogens is 4. The molecule has 0 amide bonds. The molecule has 0 radical (unpaired) electrons. The van der Waals surface area contributed by atoms with E-state index in [0.717, 1.165) is 52.4 Å². The van der Waals surface area contributed by atoms with Crippen LogP contribution in [0.15, 0.2) is 66.2 Å². The predicted molar refractivity (Wildman–Crippen MR) is 157 cm³/mol. The van der Waals surface area contributed by atoms with Gasteiger partial charge in [0.25, 0.3) is 0 Å². The minimum Gasteiger partial charge on any atom is -0.404 e. The van der Waals surface area contributed by atoms with E-state index in [1.807, 2.05) is 30.6 Å². The van der Waals surface area contributed by atoms with Crippen LogP contribution in [0.5, 0.6) is 0 Å². The van der Waals surface area contributed by atoms with Crippen LogP contribution in [0.25, 0.3) is 22.2 Å². The lowest BCUT2D eigenvalue weighted by atomic mass is 9.85. The van der Waals surface area contributed by atoms with Gasteiger partial charge < -0.3 is 10.6 Å². The summed E-state index contributed by atoms with van der Waals surface area (Å²) in [6.07, 6.45) is 15.3. The molecule has 4 aromatic heterocycles. The third kappa shape index (κ3) is 4.27. The molecule has 2 N–H and O–H groups in total. The van der Waals surface area contributed by atoms with Crippen LogP contribution >= 0.6 is 0 Å². The van der Waals surface area contributed by atoms with Crippen molar-refractivity contribution in [1.29, 1.82) is 5.26 Å². The van der Waals surface area contributed by atoms with Gasteiger partial charge in [0.2, 0.25) is 0 Å². The fourth-order valence-electron chi connectivity index (χ4n) is 6.04. The van der Waals surface area contributed by atoms with Crippen molar-refractivity contribution in [2.24, 2.45) is 10.7 Å². The Morgan fingerprint density at radius 1 is 1.23 bits per heavy atom. The summed E-state index contributed by atoms with van der Waals surface area (Å²) in [6.45, 7) is 4.02. The van der Waals surface area contributed by atoms with Crippen LogP contribution in [0.3, 0.4) is 0 Å². The van der Waals surface area contributed by atoms with Gasteiger partial charge in [0.1, 0.15) is 17.6 Å². The third-order valence-corrected chi connectivity index (χ3v) is 7.94. The van der Waals surface area contributed by atoms with E-state index in [4.69, 9.17) is 17.1 Å². The first-order valence-corrected chi connectivity index (χ1v) is 13.2. The van der Waals surface area contributed by atoms with Gasteiger partial charge in [-0.15, -0.1) is 6.42 Å². The Morgan fingerprint density at radius 3 is 2.73 bits per heavy atom. The van der Waals surface area contributed by atoms with E-state index in [-0.39, 0.29) is 6.04 Å². The van der Waals surface area contributed by atoms with Crippen LogP contribution in [0, 0.1) is 23.7 Å². The molecule has 3 aliphatic rings. The molecule has 0 saturated carbocycles. The van der Waals surface area contributed by atoms with E-state index >= 15 is 0 Å². The van der Waals surface area contributed by atoms with E-state index < -0.39 is 0 Å². The van der Waals surface area contributed by atoms with Crippen molar-refractivity contribution < 1.29 is 0 Å². The van der Waals surface area contributed by atoms with Gasteiger partial charge in [-0.05, 0) is 43.7 Å². The number of piperidine rings is 1. The summed E-state index contributed by atoms with van der Waals surface area (Å²) in [5.74, 6) is 3.59. The van der Waals surface area contributed by atoms with Crippen molar-refractivity contribution in [3.63, 3.8) is 0 Å². The topological polar surface area (TPSA) is 112 Å². The van der Waals surface area contributed by atoms with Gasteiger partial charge in [-0.2, -0.15) is 10.4 Å². The van der Waals surface area contributed by atoms with E-state index in [2.05, 4.69) is 62.0 Å². The van der Waals surface area contributed by atoms with Crippen molar-refractivity contribution in [3.05, 3.63) is 83.7 Å². The maximum atomic E-state index is 9.71. The highest BCUT2D eigenvalue weighted by molar-refractivity contribution is 6.10. The van der Waals surface area contributed by atoms with Gasteiger partial charge in [0.15, 0.2) is 0 Å². The van der Waals surface area contributed by atoms with E-state index in [9.17, 15) is 5.26 Å². The smallest absolute Gasteiger partial charge is 0.128 e. The lowest BCUT2D eigenvalue weighted by Gasteiger charge is -2.58. The van der Waals surface area contributed by atoms with Crippen LogP contribution in [-0.2, 0) is 0 Å². The average Bonchev–Trinajstić information content (AvgIpc) is 3.42. The van der Waals surface area contributed by atoms with Gasteiger partial charge in [-0.1, -0.05) is 12.0 Å². The molecule has 7 heterocycles. The molecule has 0 aliphatic carbocycles. The highest BCUT2D eigenvalue weighted by atomic mass is 15.4. The number of piperazine rings is 1. The highest BCUT2D eigenvalue weighted by Crippen LogP contribution is 2.40. The summed E-state index contributed by atoms with van der Waals surface area (Å²) in [7, 11) is 1.70. The Morgan fingerprint density at radius 2 is 2.05 bits per heavy atom. The van der Waals surface area contributed by atoms with E-state index in [1.54, 1.807) is 24.0 Å². The summed E-state index contributed by atoms with van der Waals surface area (Å²) in [6, 6.07) is 15.4. The minimum absolute atomic E-state index is 0.208. The molecular formula is C31H29N9. The van der Waals surface area contributed by atoms with Gasteiger partial charge in [-0.25, -0.2) is 14.5 Å². The van der Waals surface area contributed by atoms with Crippen molar-refractivity contribution in [2.45, 2.75) is 31.5 Å². The van der Waals surface area contributed by atoms with Crippen LogP contribution < -0.4 is 10.6 Å². The van der Waals surface area contributed by atoms with E-state index in [1.165, 1.54) is 12.6 Å². The predicted octanol–water partition coefficient (Wildman–Crippen LogP) is 3.67. The number of anilines is 1. The van der Waals surface area contributed by atoms with Crippen molar-refractivity contribution in [2.75, 3.05) is 25.0 Å². The number of aliphatic imine (C=N–C) groups is 1. The SMILES string of the molecule is C#Cc1cccc(C(C)N2C3CC2CN(c2ccc(-c4cc(C(C=NC)=CN)cn5ncc(C#N)c45)cn2)C3)n1. The van der Waals surface area contributed by atoms with Crippen LogP contribution in [0.2, 0.25) is 0 Å². The summed E-state index contributed by atoms with van der Waals surface area (Å²) in [4.78, 5) is 18.5. The number of nitrogens with zero attached hydrogens (tertiary/aromatic N) is 8. The first-order chi connectivity index (χ1) is 19.5. The molecule has 3 aliphatic heterocycles. The molecule has 3 saturated heterocycles. The maximum Gasteiger partial charge on any atom is 0.128 e. The second-order valence-electron chi connectivity index (χ2n) is 10.2. The number of nitriles is 1. The second kappa shape index (κ2) is 10.3. The fourth-order valence-corrected chi connectivity index (χ4v) is 6.04. The number of rotatable bonds is 6. The molecule has 9 nitrogen and oxygen atoms in total. The third-order valence-electron chi connectivity index (χ3n) is 7.94. The van der Waals surface area contributed by atoms with Crippen LogP contribution in [-0.4, -0.2) is 62.9 Å². The molecule has 3 unspecified atom stereocenters. The lowest BCUT2D eigenvalue weighted by molar-refractivity contribution is -0.0356. The average molecular weight is 528 g/mol. The van der Waals surface area contributed by atoms with Crippen molar-refractivity contribution >= 4 is 23.1 Å². The zero-order chi connectivity index (χ0) is 27.8. The minimum atomic E-state index is 0.208. The molecule has 0 aromatic carbocycles. The van der Waals surface area contributed by atoms with Gasteiger partial charge in [0, 0.05) is 85.3 Å². The maximum absolute atomic E-state index is 9.71. The Hall–Kier alpha value is -4.99. The molecule has 9 heteroatoms. The lowest BCUT2D eigenvalue weighted by Crippen LogP contribution is -2.69. The zero-order valence-electron chi connectivity index (χ0n) is 22.4. The van der Waals surface area contributed by atoms with Gasteiger partial charge >= 0.3 is 0 Å². The normalized spacial score (nSPS) is 19.8. The molecule has 4 aromatic rings. The molecule has 0 spiro atoms. The first kappa shape index (κ1) is 25.3. The quantitative estimate of drug-likeness (QED) is 0.301. The molecule has 3 fully saturated rings. The number of allylic oxidation sites excluding steroid dienone is 1. The van der Waals surface area contributed by atoms with Crippen molar-refractivity contribution in [1.82, 2.24) is 24.5 Å². The Kier molecular flexibility index (Phi) is 6.51. The monoisotopic (exact) mass is 527 g/mol. The Bertz CT molecular complexity index is 1710. The van der Waals surface area contributed by atoms with Gasteiger partial charge in [0.05, 0.1) is 23.0 Å². The zero-order valence-corrected chi connectivity index (χ0v) is 22.4. The number of terminal acetylenes is 1. The number of nitrogens with two attached hydrogens (primary N) is 1. The Balaban J connectivity index is 1.25. The number of hydrogen-bond acceptors (Lipinski definition) is 8. The van der Waals surface area contributed by atoms with Gasteiger partial charge in [-0.3, -0.25) is 9.89 Å². The molecule has 40 heavy (non-hydrogen) atoms. The highest BCUT2D eigenvalue weighted by Gasteiger charge is 2.47. The summed E-state index contributed by atoms with van der Waals surface area (Å²) in [5.41, 5.74) is 12.2. The first-order valence-electron chi connectivity index (χ1n) is 13.2. The molecule has 3 atom stereocenters. The summed E-state index contributed by atoms with van der Waals surface area (Å²) >= 11 is 0. The number of fused-ring (bicyclic) bond motifs is 3. The molecule has 198 valence electrons. The summed E-state index contributed by atoms with van der Waals surface area (Å²) in [5, 5.41) is 14.1. The van der Waals surface area contributed by atoms with Crippen molar-refractivity contribution in [3.8, 4) is 29.5 Å². The second-order valence-corrected chi connectivity index (χ2v) is 10.2. The largest absolute Gasteiger partial charge is 0.404 e. The molecule has 2 bridgehead atoms. The summed E-state index contributed by atoms with van der Waals surface area (Å²) < 4.78 is 1.71. The van der Waals surface area contributed by atoms with Crippen LogP contribution in [0.1, 0.15) is 41.9 Å². The standard InChI is InChI=1S/C31H29N9/c1-4-25-6-5-7-29(37-25)20(2)40-26-11-27(40)19-38(18-26)30-9-8-21(15-35-30)28-10-22(23(12-32)14-34-3)17-39-31(28)24(13-33)16-36-39/h1,5-10,12,14-17,20,26-27H,11,18-19,32H2,2-3H3.